The summed E-state index contributed by atoms with van der Waals surface area (Å²) in [4.78, 5) is 10.8. The molecule has 138 valence electrons. The average molecular weight is 356 g/mol. The molecule has 2 rings (SSSR count). The Kier molecular flexibility index (Phi) is 8.97. The van der Waals surface area contributed by atoms with Crippen molar-refractivity contribution < 1.29 is 23.7 Å². The number of carbonyl (C=O) groups excluding carboxylic acids is 1. The number of hydrogen-bond donors (Lipinski definition) is 0. The van der Waals surface area contributed by atoms with E-state index < -0.39 is 5.97 Å². The minimum absolute atomic E-state index is 0.214. The standard InChI is InChI=1S/C21H24O5/c1-2-21(22)26-16-14-24-12-11-23-13-15-25-20-10-6-9-19(17-20)18-7-4-3-5-8-18/h2-10,17H,1,11-16H2. The Hall–Kier alpha value is -2.63. The van der Waals surface area contributed by atoms with Crippen LogP contribution in [-0.2, 0) is 19.0 Å². The maximum Gasteiger partial charge on any atom is 0.330 e. The van der Waals surface area contributed by atoms with E-state index in [1.165, 1.54) is 0 Å². The molecule has 0 N–H and O–H groups in total. The third-order valence-corrected chi connectivity index (χ3v) is 3.45. The number of benzene rings is 2. The topological polar surface area (TPSA) is 54.0 Å². The molecule has 0 spiro atoms. The van der Waals surface area contributed by atoms with Gasteiger partial charge in [-0.1, -0.05) is 49.0 Å². The highest BCUT2D eigenvalue weighted by atomic mass is 16.6. The predicted octanol–water partition coefficient (Wildman–Crippen LogP) is 3.49. The van der Waals surface area contributed by atoms with Crippen LogP contribution < -0.4 is 4.74 Å². The summed E-state index contributed by atoms with van der Waals surface area (Å²) >= 11 is 0. The lowest BCUT2D eigenvalue weighted by molar-refractivity contribution is -0.139. The summed E-state index contributed by atoms with van der Waals surface area (Å²) in [5.41, 5.74) is 2.28. The third-order valence-electron chi connectivity index (χ3n) is 3.45. The van der Waals surface area contributed by atoms with E-state index in [9.17, 15) is 4.79 Å². The van der Waals surface area contributed by atoms with Crippen molar-refractivity contribution in [3.05, 3.63) is 67.3 Å². The maximum absolute atomic E-state index is 10.8. The molecule has 5 nitrogen and oxygen atoms in total. The van der Waals surface area contributed by atoms with Crippen molar-refractivity contribution in [3.8, 4) is 16.9 Å². The van der Waals surface area contributed by atoms with Crippen LogP contribution in [0.25, 0.3) is 11.1 Å². The van der Waals surface area contributed by atoms with E-state index in [0.29, 0.717) is 33.0 Å². The van der Waals surface area contributed by atoms with E-state index >= 15 is 0 Å². The molecular formula is C21H24O5. The Morgan fingerprint density at radius 3 is 2.19 bits per heavy atom. The number of esters is 1. The van der Waals surface area contributed by atoms with Crippen LogP contribution in [0.1, 0.15) is 0 Å². The molecule has 0 radical (unpaired) electrons. The fourth-order valence-corrected chi connectivity index (χ4v) is 2.20. The normalized spacial score (nSPS) is 10.3. The first kappa shape index (κ1) is 19.7. The van der Waals surface area contributed by atoms with E-state index in [2.05, 4.69) is 24.8 Å². The second-order valence-electron chi connectivity index (χ2n) is 5.34. The largest absolute Gasteiger partial charge is 0.491 e. The minimum atomic E-state index is -0.446. The molecule has 0 aliphatic carbocycles. The molecule has 0 saturated carbocycles. The monoisotopic (exact) mass is 356 g/mol. The first-order valence-corrected chi connectivity index (χ1v) is 8.52. The molecule has 0 atom stereocenters. The van der Waals surface area contributed by atoms with Gasteiger partial charge in [0.2, 0.25) is 0 Å². The molecule has 0 aromatic heterocycles. The third kappa shape index (κ3) is 7.51. The van der Waals surface area contributed by atoms with Crippen molar-refractivity contribution in [2.45, 2.75) is 0 Å². The lowest BCUT2D eigenvalue weighted by atomic mass is 10.1. The van der Waals surface area contributed by atoms with Crippen molar-refractivity contribution in [2.75, 3.05) is 39.6 Å². The van der Waals surface area contributed by atoms with Crippen LogP contribution in [0.2, 0.25) is 0 Å². The first-order valence-electron chi connectivity index (χ1n) is 8.52. The van der Waals surface area contributed by atoms with Crippen LogP contribution in [0, 0.1) is 0 Å². The average Bonchev–Trinajstić information content (AvgIpc) is 2.70. The van der Waals surface area contributed by atoms with Gasteiger partial charge >= 0.3 is 5.97 Å². The van der Waals surface area contributed by atoms with Crippen LogP contribution in [0.15, 0.2) is 67.3 Å². The second-order valence-corrected chi connectivity index (χ2v) is 5.34. The molecule has 0 heterocycles. The zero-order chi connectivity index (χ0) is 18.5. The van der Waals surface area contributed by atoms with Gasteiger partial charge in [-0.2, -0.15) is 0 Å². The van der Waals surface area contributed by atoms with Gasteiger partial charge in [0, 0.05) is 6.08 Å². The van der Waals surface area contributed by atoms with Crippen LogP contribution in [0.3, 0.4) is 0 Å². The summed E-state index contributed by atoms with van der Waals surface area (Å²) in [5, 5.41) is 0. The zero-order valence-electron chi connectivity index (χ0n) is 14.8. The van der Waals surface area contributed by atoms with Crippen molar-refractivity contribution in [1.82, 2.24) is 0 Å². The van der Waals surface area contributed by atoms with Gasteiger partial charge in [-0.3, -0.25) is 0 Å². The molecule has 0 aliphatic heterocycles. The van der Waals surface area contributed by atoms with Gasteiger partial charge in [0.1, 0.15) is 19.0 Å². The van der Waals surface area contributed by atoms with Crippen LogP contribution in [0.5, 0.6) is 5.75 Å². The highest BCUT2D eigenvalue weighted by molar-refractivity contribution is 5.81. The highest BCUT2D eigenvalue weighted by Crippen LogP contribution is 2.23. The van der Waals surface area contributed by atoms with Crippen LogP contribution >= 0.6 is 0 Å². The molecule has 5 heteroatoms. The first-order chi connectivity index (χ1) is 12.8. The van der Waals surface area contributed by atoms with Crippen molar-refractivity contribution in [3.63, 3.8) is 0 Å². The molecule has 0 bridgehead atoms. The molecular weight excluding hydrogens is 332 g/mol. The van der Waals surface area contributed by atoms with Crippen molar-refractivity contribution >= 4 is 5.97 Å². The van der Waals surface area contributed by atoms with Crippen molar-refractivity contribution in [1.29, 1.82) is 0 Å². The lowest BCUT2D eigenvalue weighted by Crippen LogP contribution is -2.13. The SMILES string of the molecule is C=CC(=O)OCCOCCOCCOc1cccc(-c2ccccc2)c1. The van der Waals surface area contributed by atoms with E-state index in [1.807, 2.05) is 36.4 Å². The predicted molar refractivity (Wildman–Crippen MR) is 100 cm³/mol. The van der Waals surface area contributed by atoms with Gasteiger partial charge in [0.05, 0.1) is 26.4 Å². The van der Waals surface area contributed by atoms with Gasteiger partial charge in [-0.15, -0.1) is 0 Å². The number of hydrogen-bond acceptors (Lipinski definition) is 5. The summed E-state index contributed by atoms with van der Waals surface area (Å²) in [5.74, 6) is 0.369. The fourth-order valence-electron chi connectivity index (χ4n) is 2.20. The van der Waals surface area contributed by atoms with Crippen LogP contribution in [-0.4, -0.2) is 45.6 Å². The molecule has 2 aromatic rings. The van der Waals surface area contributed by atoms with Crippen molar-refractivity contribution in [2.24, 2.45) is 0 Å². The van der Waals surface area contributed by atoms with E-state index in [4.69, 9.17) is 18.9 Å². The Morgan fingerprint density at radius 1 is 0.808 bits per heavy atom. The number of carbonyl (C=O) groups is 1. The minimum Gasteiger partial charge on any atom is -0.491 e. The summed E-state index contributed by atoms with van der Waals surface area (Å²) < 4.78 is 21.2. The smallest absolute Gasteiger partial charge is 0.330 e. The summed E-state index contributed by atoms with van der Waals surface area (Å²) in [6, 6.07) is 18.2. The summed E-state index contributed by atoms with van der Waals surface area (Å²) in [6.45, 7) is 5.71. The molecule has 2 aromatic carbocycles. The van der Waals surface area contributed by atoms with E-state index in [0.717, 1.165) is 23.0 Å². The molecule has 0 unspecified atom stereocenters. The van der Waals surface area contributed by atoms with Gasteiger partial charge in [-0.25, -0.2) is 4.79 Å². The Balaban J connectivity index is 1.55. The lowest BCUT2D eigenvalue weighted by Gasteiger charge is -2.09. The second kappa shape index (κ2) is 11.8. The molecule has 26 heavy (non-hydrogen) atoms. The summed E-state index contributed by atoms with van der Waals surface area (Å²) in [6.07, 6.45) is 1.12. The fraction of sp³-hybridized carbons (Fsp3) is 0.286. The van der Waals surface area contributed by atoms with Gasteiger partial charge in [0.25, 0.3) is 0 Å². The van der Waals surface area contributed by atoms with Crippen LogP contribution in [0.4, 0.5) is 0 Å². The molecule has 0 fully saturated rings. The summed E-state index contributed by atoms with van der Waals surface area (Å²) in [7, 11) is 0. The quantitative estimate of drug-likeness (QED) is 0.331. The van der Waals surface area contributed by atoms with Gasteiger partial charge < -0.3 is 18.9 Å². The maximum atomic E-state index is 10.8. The zero-order valence-corrected chi connectivity index (χ0v) is 14.8. The van der Waals surface area contributed by atoms with E-state index in [1.54, 1.807) is 0 Å². The van der Waals surface area contributed by atoms with E-state index in [-0.39, 0.29) is 6.61 Å². The Bertz CT molecular complexity index is 669. The number of rotatable bonds is 12. The van der Waals surface area contributed by atoms with Gasteiger partial charge in [-0.05, 0) is 23.3 Å². The Labute approximate surface area is 154 Å². The molecule has 0 aliphatic rings. The van der Waals surface area contributed by atoms with Gasteiger partial charge in [0.15, 0.2) is 0 Å². The highest BCUT2D eigenvalue weighted by Gasteiger charge is 2.00. The molecule has 0 amide bonds. The number of ether oxygens (including phenoxy) is 4. The molecule has 0 saturated heterocycles. The Morgan fingerprint density at radius 2 is 1.46 bits per heavy atom.